The van der Waals surface area contributed by atoms with E-state index in [1.807, 2.05) is 24.3 Å². The van der Waals surface area contributed by atoms with Crippen LogP contribution in [0.5, 0.6) is 17.2 Å². The summed E-state index contributed by atoms with van der Waals surface area (Å²) in [6.45, 7) is 5.51. The lowest BCUT2D eigenvalue weighted by atomic mass is 10.1. The Labute approximate surface area is 252 Å². The molecule has 0 spiro atoms. The molecule has 11 nitrogen and oxygen atoms in total. The second-order valence-corrected chi connectivity index (χ2v) is 12.1. The smallest absolute Gasteiger partial charge is 0.258 e. The molecule has 7 rings (SSSR count). The van der Waals surface area contributed by atoms with Crippen LogP contribution in [0.2, 0.25) is 0 Å². The Morgan fingerprint density at radius 2 is 1.84 bits per heavy atom. The zero-order chi connectivity index (χ0) is 29.8. The molecular formula is C32H41N5O6. The summed E-state index contributed by atoms with van der Waals surface area (Å²) >= 11 is 0. The highest BCUT2D eigenvalue weighted by molar-refractivity contribution is 5.95. The van der Waals surface area contributed by atoms with Gasteiger partial charge >= 0.3 is 0 Å². The number of hydrogen-bond acceptors (Lipinski definition) is 8. The largest absolute Gasteiger partial charge is 0.493 e. The van der Waals surface area contributed by atoms with Crippen molar-refractivity contribution in [1.82, 2.24) is 25.3 Å². The number of nitrogens with one attached hydrogen (secondary N) is 2. The van der Waals surface area contributed by atoms with E-state index in [2.05, 4.69) is 27.5 Å². The zero-order valence-corrected chi connectivity index (χ0v) is 24.8. The first-order chi connectivity index (χ1) is 20.9. The van der Waals surface area contributed by atoms with E-state index in [9.17, 15) is 14.4 Å². The molecule has 5 aliphatic rings. The van der Waals surface area contributed by atoms with Gasteiger partial charge in [-0.2, -0.15) is 0 Å². The van der Waals surface area contributed by atoms with Crippen molar-refractivity contribution in [1.29, 1.82) is 0 Å². The number of carbonyl (C=O) groups is 3. The highest BCUT2D eigenvalue weighted by Crippen LogP contribution is 2.31. The van der Waals surface area contributed by atoms with E-state index < -0.39 is 12.1 Å². The highest BCUT2D eigenvalue weighted by atomic mass is 16.5. The van der Waals surface area contributed by atoms with E-state index in [0.717, 1.165) is 51.0 Å². The van der Waals surface area contributed by atoms with E-state index >= 15 is 0 Å². The lowest BCUT2D eigenvalue weighted by Gasteiger charge is -2.23. The van der Waals surface area contributed by atoms with Crippen LogP contribution in [-0.4, -0.2) is 111 Å². The fraction of sp³-hybridized carbons (Fsp3) is 0.531. The summed E-state index contributed by atoms with van der Waals surface area (Å²) in [5, 5.41) is 5.98. The molecule has 1 aliphatic carbocycles. The molecule has 0 aromatic heterocycles. The minimum Gasteiger partial charge on any atom is -0.493 e. The second-order valence-electron chi connectivity index (χ2n) is 12.1. The van der Waals surface area contributed by atoms with Crippen LogP contribution in [0.3, 0.4) is 0 Å². The Morgan fingerprint density at radius 3 is 2.65 bits per heavy atom. The van der Waals surface area contributed by atoms with Crippen LogP contribution in [0.25, 0.3) is 0 Å². The van der Waals surface area contributed by atoms with Crippen LogP contribution in [0.4, 0.5) is 0 Å². The number of rotatable bonds is 5. The normalized spacial score (nSPS) is 23.7. The van der Waals surface area contributed by atoms with Crippen molar-refractivity contribution in [3.05, 3.63) is 53.6 Å². The SMILES string of the molecule is CN1CCCN(CC(=O)N2C[C@@H]3NC(=O)c4cc(cc(OCC5CC5)c4)OCC(=O)NCc4ccc(cc4)O[C@H]3C2)CC1. The summed E-state index contributed by atoms with van der Waals surface area (Å²) in [6.07, 6.45) is 2.87. The number of benzene rings is 2. The van der Waals surface area contributed by atoms with Crippen molar-refractivity contribution < 1.29 is 28.6 Å². The number of ether oxygens (including phenoxy) is 3. The van der Waals surface area contributed by atoms with E-state index in [-0.39, 0.29) is 24.3 Å². The van der Waals surface area contributed by atoms with Gasteiger partial charge < -0.3 is 34.6 Å². The highest BCUT2D eigenvalue weighted by Gasteiger charge is 2.38. The van der Waals surface area contributed by atoms with E-state index in [0.29, 0.717) is 61.5 Å². The Morgan fingerprint density at radius 1 is 1.00 bits per heavy atom. The Balaban J connectivity index is 1.22. The molecule has 4 heterocycles. The number of likely N-dealkylation sites (tertiary alicyclic amines) is 1. The first kappa shape index (κ1) is 29.3. The number of nitrogens with zero attached hydrogens (tertiary/aromatic N) is 3. The van der Waals surface area contributed by atoms with Gasteiger partial charge in [0.1, 0.15) is 23.4 Å². The third-order valence-electron chi connectivity index (χ3n) is 8.50. The predicted molar refractivity (Wildman–Crippen MR) is 159 cm³/mol. The summed E-state index contributed by atoms with van der Waals surface area (Å²) in [6, 6.07) is 12.1. The van der Waals surface area contributed by atoms with Crippen molar-refractivity contribution in [3.8, 4) is 17.2 Å². The van der Waals surface area contributed by atoms with Crippen molar-refractivity contribution in [2.45, 2.75) is 38.0 Å². The minimum absolute atomic E-state index is 0.0364. The lowest BCUT2D eigenvalue weighted by molar-refractivity contribution is -0.131. The van der Waals surface area contributed by atoms with E-state index in [1.54, 1.807) is 23.1 Å². The lowest BCUT2D eigenvalue weighted by Crippen LogP contribution is -2.45. The summed E-state index contributed by atoms with van der Waals surface area (Å²) in [4.78, 5) is 45.9. The average Bonchev–Trinajstić information content (AvgIpc) is 3.79. The molecule has 0 radical (unpaired) electrons. The van der Waals surface area contributed by atoms with Gasteiger partial charge in [0.25, 0.3) is 11.8 Å². The Kier molecular flexibility index (Phi) is 8.99. The molecule has 43 heavy (non-hydrogen) atoms. The molecule has 2 N–H and O–H groups in total. The van der Waals surface area contributed by atoms with Gasteiger partial charge in [0.05, 0.1) is 25.7 Å². The molecule has 2 saturated heterocycles. The Bertz CT molecular complexity index is 1320. The van der Waals surface area contributed by atoms with E-state index in [1.165, 1.54) is 0 Å². The van der Waals surface area contributed by atoms with Gasteiger partial charge in [0, 0.05) is 37.8 Å². The number of carbonyl (C=O) groups excluding carboxylic acids is 3. The van der Waals surface area contributed by atoms with Crippen LogP contribution in [0.1, 0.15) is 35.2 Å². The monoisotopic (exact) mass is 591 g/mol. The summed E-state index contributed by atoms with van der Waals surface area (Å²) in [7, 11) is 2.11. The molecule has 4 bridgehead atoms. The van der Waals surface area contributed by atoms with Gasteiger partial charge in [-0.05, 0) is 75.1 Å². The average molecular weight is 592 g/mol. The van der Waals surface area contributed by atoms with Gasteiger partial charge in [-0.15, -0.1) is 0 Å². The third-order valence-corrected chi connectivity index (χ3v) is 8.50. The number of hydrogen-bond donors (Lipinski definition) is 2. The van der Waals surface area contributed by atoms with Crippen LogP contribution in [0, 0.1) is 5.92 Å². The first-order valence-corrected chi connectivity index (χ1v) is 15.3. The quantitative estimate of drug-likeness (QED) is 0.539. The van der Waals surface area contributed by atoms with Crippen LogP contribution < -0.4 is 24.8 Å². The van der Waals surface area contributed by atoms with Gasteiger partial charge in [-0.3, -0.25) is 19.3 Å². The van der Waals surface area contributed by atoms with Crippen molar-refractivity contribution in [2.75, 3.05) is 66.1 Å². The summed E-state index contributed by atoms with van der Waals surface area (Å²) < 4.78 is 18.1. The van der Waals surface area contributed by atoms with Gasteiger partial charge in [-0.1, -0.05) is 12.1 Å². The molecular weight excluding hydrogens is 550 g/mol. The summed E-state index contributed by atoms with van der Waals surface area (Å²) in [5.41, 5.74) is 1.27. The van der Waals surface area contributed by atoms with Gasteiger partial charge in [0.15, 0.2) is 6.61 Å². The molecule has 2 aromatic rings. The van der Waals surface area contributed by atoms with E-state index in [4.69, 9.17) is 14.2 Å². The van der Waals surface area contributed by atoms with Gasteiger partial charge in [0.2, 0.25) is 5.91 Å². The van der Waals surface area contributed by atoms with Crippen molar-refractivity contribution >= 4 is 17.7 Å². The first-order valence-electron chi connectivity index (χ1n) is 15.3. The summed E-state index contributed by atoms with van der Waals surface area (Å²) in [5.74, 6) is 1.50. The Hall–Kier alpha value is -3.83. The number of fused-ring (bicyclic) bond motifs is 7. The number of likely N-dealkylation sites (N-methyl/N-ethyl adjacent to an activating group) is 1. The molecule has 1 saturated carbocycles. The minimum atomic E-state index is -0.436. The van der Waals surface area contributed by atoms with Crippen LogP contribution in [0.15, 0.2) is 42.5 Å². The van der Waals surface area contributed by atoms with Crippen molar-refractivity contribution in [2.24, 2.45) is 5.92 Å². The second kappa shape index (κ2) is 13.2. The molecule has 0 unspecified atom stereocenters. The molecule has 4 aliphatic heterocycles. The van der Waals surface area contributed by atoms with Crippen LogP contribution >= 0.6 is 0 Å². The zero-order valence-electron chi connectivity index (χ0n) is 24.8. The topological polar surface area (TPSA) is 113 Å². The van der Waals surface area contributed by atoms with Crippen molar-refractivity contribution in [3.63, 3.8) is 0 Å². The molecule has 3 amide bonds. The maximum absolute atomic E-state index is 13.6. The third kappa shape index (κ3) is 7.97. The molecule has 3 fully saturated rings. The fourth-order valence-corrected chi connectivity index (χ4v) is 5.67. The predicted octanol–water partition coefficient (Wildman–Crippen LogP) is 1.51. The molecule has 2 atom stereocenters. The molecule has 2 aromatic carbocycles. The molecule has 230 valence electrons. The maximum atomic E-state index is 13.6. The number of amides is 3. The fourth-order valence-electron chi connectivity index (χ4n) is 5.67. The van der Waals surface area contributed by atoms with Crippen LogP contribution in [-0.2, 0) is 16.1 Å². The standard InChI is InChI=1S/C32H41N5O6/c1-35-9-2-10-36(12-11-35)19-31(39)37-17-28-29(18-37)43-25-7-5-22(6-8-25)16-33-30(38)21-42-27-14-24(32(40)34-28)13-26(15-27)41-20-23-3-4-23/h5-8,13-15,23,28-29H,2-4,9-12,16-21H2,1H3,(H,33,38)(H,34,40)/t28-,29-/m0/s1. The maximum Gasteiger partial charge on any atom is 0.258 e. The molecule has 11 heteroatoms. The van der Waals surface area contributed by atoms with Gasteiger partial charge in [-0.25, -0.2) is 0 Å².